The maximum atomic E-state index is 11.9. The second-order valence-electron chi connectivity index (χ2n) is 8.68. The van der Waals surface area contributed by atoms with E-state index in [-0.39, 0.29) is 5.91 Å². The molecule has 168 valence electrons. The molecule has 8 heteroatoms. The maximum absolute atomic E-state index is 11.9. The van der Waals surface area contributed by atoms with Crippen LogP contribution in [0.15, 0.2) is 18.5 Å². The summed E-state index contributed by atoms with van der Waals surface area (Å²) in [6.07, 6.45) is 7.36. The van der Waals surface area contributed by atoms with Gasteiger partial charge in [0.25, 0.3) is 0 Å². The zero-order valence-corrected chi connectivity index (χ0v) is 18.7. The Kier molecular flexibility index (Phi) is 9.36. The summed E-state index contributed by atoms with van der Waals surface area (Å²) < 4.78 is 10.9. The minimum absolute atomic E-state index is 0.0182. The minimum atomic E-state index is -0.504. The number of nitrogens with zero attached hydrogens (tertiary/aromatic N) is 2. The highest BCUT2D eigenvalue weighted by Gasteiger charge is 2.23. The SMILES string of the molecule is CN1CCCC1c1cncc(OCCNC(=O)CCCCNC(=O)OC(C)(C)C)c1. The Balaban J connectivity index is 1.55. The van der Waals surface area contributed by atoms with Crippen LogP contribution in [0.2, 0.25) is 0 Å². The van der Waals surface area contributed by atoms with Crippen molar-refractivity contribution in [2.24, 2.45) is 0 Å². The highest BCUT2D eigenvalue weighted by atomic mass is 16.6. The lowest BCUT2D eigenvalue weighted by atomic mass is 10.1. The number of ether oxygens (including phenoxy) is 2. The molecule has 0 spiro atoms. The normalized spacial score (nSPS) is 16.9. The number of carbonyl (C=O) groups is 2. The summed E-state index contributed by atoms with van der Waals surface area (Å²) in [7, 11) is 2.13. The zero-order chi connectivity index (χ0) is 22.0. The lowest BCUT2D eigenvalue weighted by Crippen LogP contribution is -2.33. The number of rotatable bonds is 10. The van der Waals surface area contributed by atoms with Crippen LogP contribution >= 0.6 is 0 Å². The van der Waals surface area contributed by atoms with Gasteiger partial charge in [0.2, 0.25) is 5.91 Å². The predicted molar refractivity (Wildman–Crippen MR) is 115 cm³/mol. The van der Waals surface area contributed by atoms with E-state index in [9.17, 15) is 9.59 Å². The Bertz CT molecular complexity index is 690. The van der Waals surface area contributed by atoms with Crippen molar-refractivity contribution in [2.75, 3.05) is 33.3 Å². The molecular weight excluding hydrogens is 384 g/mol. The van der Waals surface area contributed by atoms with Gasteiger partial charge >= 0.3 is 6.09 Å². The first-order chi connectivity index (χ1) is 14.2. The predicted octanol–water partition coefficient (Wildman–Crippen LogP) is 3.04. The van der Waals surface area contributed by atoms with Crippen molar-refractivity contribution in [3.05, 3.63) is 24.0 Å². The summed E-state index contributed by atoms with van der Waals surface area (Å²) in [5, 5.41) is 5.54. The summed E-state index contributed by atoms with van der Waals surface area (Å²) in [6.45, 7) is 7.91. The van der Waals surface area contributed by atoms with Crippen molar-refractivity contribution < 1.29 is 19.1 Å². The molecular formula is C22H36N4O4. The van der Waals surface area contributed by atoms with Crippen LogP contribution in [0.25, 0.3) is 0 Å². The third-order valence-electron chi connectivity index (χ3n) is 4.83. The van der Waals surface area contributed by atoms with Crippen LogP contribution in [-0.2, 0) is 9.53 Å². The van der Waals surface area contributed by atoms with E-state index in [0.717, 1.165) is 25.1 Å². The maximum Gasteiger partial charge on any atom is 0.407 e. The van der Waals surface area contributed by atoms with E-state index in [1.54, 1.807) is 6.20 Å². The molecule has 0 aliphatic carbocycles. The Morgan fingerprint density at radius 2 is 2.00 bits per heavy atom. The van der Waals surface area contributed by atoms with Crippen molar-refractivity contribution in [1.29, 1.82) is 0 Å². The Morgan fingerprint density at radius 1 is 1.20 bits per heavy atom. The third kappa shape index (κ3) is 8.98. The van der Waals surface area contributed by atoms with E-state index >= 15 is 0 Å². The van der Waals surface area contributed by atoms with Crippen LogP contribution in [0, 0.1) is 0 Å². The van der Waals surface area contributed by atoms with Gasteiger partial charge in [0.15, 0.2) is 0 Å². The fourth-order valence-corrected chi connectivity index (χ4v) is 3.39. The fraction of sp³-hybridized carbons (Fsp3) is 0.682. The number of alkyl carbamates (subject to hydrolysis) is 1. The lowest BCUT2D eigenvalue weighted by Gasteiger charge is -2.20. The number of nitrogens with one attached hydrogen (secondary N) is 2. The second kappa shape index (κ2) is 11.7. The molecule has 1 atom stereocenters. The molecule has 2 amide bonds. The Hall–Kier alpha value is -2.35. The van der Waals surface area contributed by atoms with Gasteiger partial charge in [-0.2, -0.15) is 0 Å². The van der Waals surface area contributed by atoms with E-state index in [2.05, 4.69) is 27.6 Å². The lowest BCUT2D eigenvalue weighted by molar-refractivity contribution is -0.121. The molecule has 2 heterocycles. The minimum Gasteiger partial charge on any atom is -0.490 e. The molecule has 1 aromatic heterocycles. The van der Waals surface area contributed by atoms with Crippen LogP contribution in [0.1, 0.15) is 64.5 Å². The molecule has 1 aromatic rings. The number of hydrogen-bond acceptors (Lipinski definition) is 6. The molecule has 0 saturated carbocycles. The summed E-state index contributed by atoms with van der Waals surface area (Å²) in [5.41, 5.74) is 0.674. The van der Waals surface area contributed by atoms with E-state index in [1.165, 1.54) is 12.0 Å². The van der Waals surface area contributed by atoms with Crippen LogP contribution in [0.3, 0.4) is 0 Å². The summed E-state index contributed by atoms with van der Waals surface area (Å²) >= 11 is 0. The first kappa shape index (κ1) is 23.9. The van der Waals surface area contributed by atoms with Crippen LogP contribution < -0.4 is 15.4 Å². The highest BCUT2D eigenvalue weighted by molar-refractivity contribution is 5.75. The number of likely N-dealkylation sites (tertiary alicyclic amines) is 1. The molecule has 1 unspecified atom stereocenters. The van der Waals surface area contributed by atoms with Gasteiger partial charge in [-0.05, 0) is 71.7 Å². The molecule has 1 aliphatic rings. The van der Waals surface area contributed by atoms with Gasteiger partial charge in [0, 0.05) is 25.2 Å². The smallest absolute Gasteiger partial charge is 0.407 e. The Labute approximate surface area is 179 Å². The fourth-order valence-electron chi connectivity index (χ4n) is 3.39. The van der Waals surface area contributed by atoms with Gasteiger partial charge in [-0.25, -0.2) is 4.79 Å². The molecule has 0 bridgehead atoms. The molecule has 1 fully saturated rings. The van der Waals surface area contributed by atoms with Crippen LogP contribution in [0.5, 0.6) is 5.75 Å². The van der Waals surface area contributed by atoms with Gasteiger partial charge in [-0.3, -0.25) is 14.7 Å². The van der Waals surface area contributed by atoms with Gasteiger partial charge in [0.05, 0.1) is 12.7 Å². The third-order valence-corrected chi connectivity index (χ3v) is 4.83. The van der Waals surface area contributed by atoms with Crippen molar-refractivity contribution in [2.45, 2.75) is 64.5 Å². The molecule has 0 radical (unpaired) electrons. The molecule has 8 nitrogen and oxygen atoms in total. The van der Waals surface area contributed by atoms with Crippen LogP contribution in [0.4, 0.5) is 4.79 Å². The summed E-state index contributed by atoms with van der Waals surface area (Å²) in [5.74, 6) is 0.714. The van der Waals surface area contributed by atoms with Gasteiger partial charge in [-0.1, -0.05) is 0 Å². The number of unbranched alkanes of at least 4 members (excludes halogenated alkanes) is 1. The number of amides is 2. The monoisotopic (exact) mass is 420 g/mol. The average molecular weight is 421 g/mol. The van der Waals surface area contributed by atoms with Gasteiger partial charge in [-0.15, -0.1) is 0 Å². The zero-order valence-electron chi connectivity index (χ0n) is 18.7. The van der Waals surface area contributed by atoms with Crippen molar-refractivity contribution in [3.8, 4) is 5.75 Å². The summed E-state index contributed by atoms with van der Waals surface area (Å²) in [4.78, 5) is 30.1. The van der Waals surface area contributed by atoms with Crippen molar-refractivity contribution in [1.82, 2.24) is 20.5 Å². The van der Waals surface area contributed by atoms with Crippen molar-refractivity contribution in [3.63, 3.8) is 0 Å². The van der Waals surface area contributed by atoms with E-state index in [4.69, 9.17) is 9.47 Å². The van der Waals surface area contributed by atoms with E-state index in [0.29, 0.717) is 38.6 Å². The molecule has 30 heavy (non-hydrogen) atoms. The largest absolute Gasteiger partial charge is 0.490 e. The summed E-state index contributed by atoms with van der Waals surface area (Å²) in [6, 6.07) is 2.45. The quantitative estimate of drug-likeness (QED) is 0.565. The molecule has 0 aromatic carbocycles. The van der Waals surface area contributed by atoms with E-state index < -0.39 is 11.7 Å². The van der Waals surface area contributed by atoms with Crippen LogP contribution in [-0.4, -0.2) is 60.8 Å². The standard InChI is InChI=1S/C22H36N4O4/c1-22(2,3)30-21(28)25-10-6-5-9-20(27)24-11-13-29-18-14-17(15-23-16-18)19-8-7-12-26(19)4/h14-16,19H,5-13H2,1-4H3,(H,24,27)(H,25,28). The van der Waals surface area contributed by atoms with Gasteiger partial charge in [0.1, 0.15) is 18.0 Å². The van der Waals surface area contributed by atoms with Gasteiger partial charge < -0.3 is 20.1 Å². The number of aromatic nitrogens is 1. The number of hydrogen-bond donors (Lipinski definition) is 2. The first-order valence-corrected chi connectivity index (χ1v) is 10.8. The highest BCUT2D eigenvalue weighted by Crippen LogP contribution is 2.31. The second-order valence-corrected chi connectivity index (χ2v) is 8.68. The molecule has 1 saturated heterocycles. The average Bonchev–Trinajstić information content (AvgIpc) is 3.10. The topological polar surface area (TPSA) is 92.8 Å². The van der Waals surface area contributed by atoms with Crippen molar-refractivity contribution >= 4 is 12.0 Å². The Morgan fingerprint density at radius 3 is 2.70 bits per heavy atom. The van der Waals surface area contributed by atoms with E-state index in [1.807, 2.05) is 33.0 Å². The number of carbonyl (C=O) groups excluding carboxylic acids is 2. The molecule has 2 N–H and O–H groups in total. The molecule has 2 rings (SSSR count). The molecule has 1 aliphatic heterocycles. The first-order valence-electron chi connectivity index (χ1n) is 10.8. The number of pyridine rings is 1.